The van der Waals surface area contributed by atoms with Crippen molar-refractivity contribution in [1.29, 1.82) is 0 Å². The predicted molar refractivity (Wildman–Crippen MR) is 106 cm³/mol. The van der Waals surface area contributed by atoms with Crippen molar-refractivity contribution in [2.75, 3.05) is 0 Å². The molecule has 0 radical (unpaired) electrons. The van der Waals surface area contributed by atoms with E-state index in [0.717, 1.165) is 11.1 Å². The number of carbonyl (C=O) groups is 1. The van der Waals surface area contributed by atoms with Crippen LogP contribution in [0.2, 0.25) is 0 Å². The lowest BCUT2D eigenvalue weighted by Crippen LogP contribution is -2.42. The molecule has 2 aromatic rings. The van der Waals surface area contributed by atoms with Crippen LogP contribution in [0.3, 0.4) is 0 Å². The number of hydrogen-bond donors (Lipinski definition) is 0. The minimum absolute atomic E-state index is 0.108. The van der Waals surface area contributed by atoms with E-state index in [1.807, 2.05) is 76.2 Å². The second kappa shape index (κ2) is 7.61. The lowest BCUT2D eigenvalue weighted by atomic mass is 9.67. The fourth-order valence-electron chi connectivity index (χ4n) is 3.15. The van der Waals surface area contributed by atoms with Crippen molar-refractivity contribution in [2.45, 2.75) is 38.5 Å². The summed E-state index contributed by atoms with van der Waals surface area (Å²) in [5.74, 6) is 1.44. The maximum atomic E-state index is 13.5. The summed E-state index contributed by atoms with van der Waals surface area (Å²) in [5.41, 5.74) is 0.403. The molecule has 0 aliphatic rings. The molecule has 0 amide bonds. The highest BCUT2D eigenvalue weighted by Crippen LogP contribution is 2.37. The molecule has 0 spiro atoms. The Bertz CT molecular complexity index is 748. The van der Waals surface area contributed by atoms with E-state index in [4.69, 9.17) is 9.47 Å². The quantitative estimate of drug-likeness (QED) is 0.585. The van der Waals surface area contributed by atoms with Crippen molar-refractivity contribution in [3.8, 4) is 11.5 Å². The second-order valence-corrected chi connectivity index (χ2v) is 7.20. The fraction of sp³-hybridized carbons (Fsp3) is 0.261. The average Bonchev–Trinajstić information content (AvgIpc) is 2.62. The van der Waals surface area contributed by atoms with Crippen LogP contribution in [0.25, 0.3) is 0 Å². The molecule has 0 atom stereocenters. The van der Waals surface area contributed by atoms with Gasteiger partial charge in [0.05, 0.1) is 12.5 Å². The van der Waals surface area contributed by atoms with Crippen LogP contribution in [0.15, 0.2) is 74.2 Å². The maximum absolute atomic E-state index is 13.5. The van der Waals surface area contributed by atoms with Gasteiger partial charge in [-0.1, -0.05) is 37.4 Å². The van der Waals surface area contributed by atoms with Gasteiger partial charge in [0.25, 0.3) is 0 Å². The third kappa shape index (κ3) is 3.88. The Kier molecular flexibility index (Phi) is 5.71. The molecule has 0 N–H and O–H groups in total. The summed E-state index contributed by atoms with van der Waals surface area (Å²) < 4.78 is 10.7. The number of benzene rings is 2. The van der Waals surface area contributed by atoms with Crippen LogP contribution >= 0.6 is 0 Å². The monoisotopic (exact) mass is 350 g/mol. The zero-order chi connectivity index (χ0) is 19.4. The van der Waals surface area contributed by atoms with Gasteiger partial charge in [-0.3, -0.25) is 4.79 Å². The van der Waals surface area contributed by atoms with Crippen LogP contribution in [0, 0.1) is 0 Å². The largest absolute Gasteiger partial charge is 0.466 e. The van der Waals surface area contributed by atoms with E-state index >= 15 is 0 Å². The first-order chi connectivity index (χ1) is 12.2. The van der Waals surface area contributed by atoms with E-state index in [9.17, 15) is 4.79 Å². The second-order valence-electron chi connectivity index (χ2n) is 7.20. The zero-order valence-corrected chi connectivity index (χ0v) is 15.9. The molecule has 0 unspecified atom stereocenters. The van der Waals surface area contributed by atoms with Gasteiger partial charge in [0.1, 0.15) is 11.5 Å². The van der Waals surface area contributed by atoms with Gasteiger partial charge in [-0.25, -0.2) is 0 Å². The fourth-order valence-corrected chi connectivity index (χ4v) is 3.15. The van der Waals surface area contributed by atoms with Crippen LogP contribution in [0.4, 0.5) is 0 Å². The summed E-state index contributed by atoms with van der Waals surface area (Å²) in [5, 5.41) is 0. The zero-order valence-electron chi connectivity index (χ0n) is 15.9. The average molecular weight is 350 g/mol. The minimum Gasteiger partial charge on any atom is -0.466 e. The van der Waals surface area contributed by atoms with E-state index in [-0.39, 0.29) is 5.78 Å². The third-order valence-corrected chi connectivity index (χ3v) is 4.69. The Labute approximate surface area is 156 Å². The summed E-state index contributed by atoms with van der Waals surface area (Å²) in [4.78, 5) is 13.5. The van der Waals surface area contributed by atoms with Crippen molar-refractivity contribution in [2.24, 2.45) is 0 Å². The molecule has 2 aromatic carbocycles. The molecule has 0 saturated carbocycles. The van der Waals surface area contributed by atoms with E-state index in [0.29, 0.717) is 11.5 Å². The third-order valence-electron chi connectivity index (χ3n) is 4.69. The van der Waals surface area contributed by atoms with Crippen LogP contribution in [-0.4, -0.2) is 5.78 Å². The Morgan fingerprint density at radius 3 is 1.54 bits per heavy atom. The van der Waals surface area contributed by atoms with Gasteiger partial charge in [0.2, 0.25) is 0 Å². The molecule has 0 aliphatic heterocycles. The molecule has 0 heterocycles. The van der Waals surface area contributed by atoms with Crippen LogP contribution in [0.5, 0.6) is 11.5 Å². The van der Waals surface area contributed by atoms with E-state index in [1.165, 1.54) is 12.5 Å². The highest BCUT2D eigenvalue weighted by atomic mass is 16.5. The van der Waals surface area contributed by atoms with Gasteiger partial charge < -0.3 is 9.47 Å². The number of Topliss-reactive ketones (excluding diaryl/α,β-unsaturated/α-hetero) is 1. The first-order valence-electron chi connectivity index (χ1n) is 8.54. The summed E-state index contributed by atoms with van der Waals surface area (Å²) >= 11 is 0. The highest BCUT2D eigenvalue weighted by molar-refractivity contribution is 5.97. The van der Waals surface area contributed by atoms with Crippen molar-refractivity contribution in [3.63, 3.8) is 0 Å². The van der Waals surface area contributed by atoms with Crippen LogP contribution < -0.4 is 9.47 Å². The van der Waals surface area contributed by atoms with E-state index in [1.54, 1.807) is 0 Å². The molecule has 0 saturated heterocycles. The first-order valence-corrected chi connectivity index (χ1v) is 8.54. The number of ether oxygens (including phenoxy) is 2. The highest BCUT2D eigenvalue weighted by Gasteiger charge is 2.41. The first kappa shape index (κ1) is 19.5. The summed E-state index contributed by atoms with van der Waals surface area (Å²) in [6, 6.07) is 15.1. The van der Waals surface area contributed by atoms with E-state index in [2.05, 4.69) is 13.2 Å². The molecular weight excluding hydrogens is 324 g/mol. The Hall–Kier alpha value is -2.81. The minimum atomic E-state index is -0.695. The number of carbonyl (C=O) groups excluding carboxylic acids is 1. The lowest BCUT2D eigenvalue weighted by molar-refractivity contribution is -0.128. The van der Waals surface area contributed by atoms with Crippen LogP contribution in [0.1, 0.15) is 38.8 Å². The molecule has 3 heteroatoms. The number of rotatable bonds is 8. The molecule has 26 heavy (non-hydrogen) atoms. The summed E-state index contributed by atoms with van der Waals surface area (Å²) in [7, 11) is 0. The van der Waals surface area contributed by atoms with Crippen molar-refractivity contribution in [1.82, 2.24) is 0 Å². The molecule has 2 rings (SSSR count). The Balaban J connectivity index is 2.41. The topological polar surface area (TPSA) is 35.5 Å². The smallest absolute Gasteiger partial charge is 0.152 e. The molecule has 0 fully saturated rings. The predicted octanol–water partition coefficient (Wildman–Crippen LogP) is 5.56. The maximum Gasteiger partial charge on any atom is 0.152 e. The Morgan fingerprint density at radius 1 is 0.808 bits per heavy atom. The molecule has 0 bridgehead atoms. The van der Waals surface area contributed by atoms with Crippen molar-refractivity contribution < 1.29 is 14.3 Å². The van der Waals surface area contributed by atoms with Gasteiger partial charge in [-0.15, -0.1) is 0 Å². The molecular formula is C23H26O3. The Morgan fingerprint density at radius 2 is 1.19 bits per heavy atom. The van der Waals surface area contributed by atoms with E-state index < -0.39 is 10.8 Å². The lowest BCUT2D eigenvalue weighted by Gasteiger charge is -2.34. The van der Waals surface area contributed by atoms with Gasteiger partial charge in [0.15, 0.2) is 5.78 Å². The van der Waals surface area contributed by atoms with Crippen molar-refractivity contribution in [3.05, 3.63) is 85.3 Å². The van der Waals surface area contributed by atoms with Gasteiger partial charge in [-0.2, -0.15) is 0 Å². The van der Waals surface area contributed by atoms with Crippen molar-refractivity contribution >= 4 is 5.78 Å². The SMILES string of the molecule is C=COc1cccc(C(C)(C)C(=O)C(C)(C)c2cccc(OC=C)c2)c1. The van der Waals surface area contributed by atoms with Gasteiger partial charge >= 0.3 is 0 Å². The van der Waals surface area contributed by atoms with Crippen LogP contribution in [-0.2, 0) is 15.6 Å². The summed E-state index contributed by atoms with van der Waals surface area (Å²) in [6.45, 7) is 14.9. The van der Waals surface area contributed by atoms with Gasteiger partial charge in [-0.05, 0) is 63.1 Å². The molecule has 0 aromatic heterocycles. The molecule has 0 aliphatic carbocycles. The summed E-state index contributed by atoms with van der Waals surface area (Å²) in [6.07, 6.45) is 2.76. The molecule has 3 nitrogen and oxygen atoms in total. The normalized spacial score (nSPS) is 11.5. The number of ketones is 1. The van der Waals surface area contributed by atoms with Gasteiger partial charge in [0, 0.05) is 10.8 Å². The molecule has 136 valence electrons. The standard InChI is InChI=1S/C23H26O3/c1-7-25-19-13-9-11-17(15-19)22(3,4)21(24)23(5,6)18-12-10-14-20(16-18)26-8-2/h7-16H,1-2H2,3-6H3. The number of hydrogen-bond acceptors (Lipinski definition) is 3.